The average molecular weight is 237 g/mol. The number of hydrogen-bond acceptors (Lipinski definition) is 4. The van der Waals surface area contributed by atoms with Crippen molar-refractivity contribution in [3.63, 3.8) is 0 Å². The number of rotatable bonds is 6. The Bertz CT molecular complexity index is 429. The largest absolute Gasteiger partial charge is 0.496 e. The summed E-state index contributed by atoms with van der Waals surface area (Å²) in [5.41, 5.74) is 1.35. The highest BCUT2D eigenvalue weighted by atomic mass is 16.5. The Morgan fingerprint density at radius 3 is 2.65 bits per heavy atom. The van der Waals surface area contributed by atoms with Gasteiger partial charge in [-0.15, -0.1) is 0 Å². The summed E-state index contributed by atoms with van der Waals surface area (Å²) in [6.07, 6.45) is 0. The minimum absolute atomic E-state index is 0.0351. The molecule has 0 fully saturated rings. The first-order chi connectivity index (χ1) is 8.04. The summed E-state index contributed by atoms with van der Waals surface area (Å²) in [6.45, 7) is 1.69. The maximum atomic E-state index is 11.2. The molecule has 5 nitrogen and oxygen atoms in total. The van der Waals surface area contributed by atoms with E-state index in [-0.39, 0.29) is 12.3 Å². The van der Waals surface area contributed by atoms with Crippen LogP contribution in [-0.4, -0.2) is 30.5 Å². The molecule has 0 radical (unpaired) electrons. The van der Waals surface area contributed by atoms with Crippen molar-refractivity contribution in [2.24, 2.45) is 0 Å². The molecule has 0 unspecified atom stereocenters. The first-order valence-electron chi connectivity index (χ1n) is 5.15. The predicted molar refractivity (Wildman–Crippen MR) is 62.3 cm³/mol. The number of aliphatic carboxylic acids is 1. The summed E-state index contributed by atoms with van der Waals surface area (Å²) >= 11 is 0. The third kappa shape index (κ3) is 3.88. The molecule has 0 heterocycles. The first-order valence-corrected chi connectivity index (χ1v) is 5.15. The van der Waals surface area contributed by atoms with Gasteiger partial charge < -0.3 is 15.2 Å². The zero-order valence-corrected chi connectivity index (χ0v) is 9.82. The van der Waals surface area contributed by atoms with E-state index in [4.69, 9.17) is 9.84 Å². The van der Waals surface area contributed by atoms with E-state index in [0.29, 0.717) is 17.9 Å². The molecule has 0 bridgehead atoms. The number of carboxylic acid groups (broad SMARTS) is 1. The van der Waals surface area contributed by atoms with Crippen molar-refractivity contribution >= 4 is 11.8 Å². The fourth-order valence-electron chi connectivity index (χ4n) is 1.44. The van der Waals surface area contributed by atoms with Gasteiger partial charge in [-0.3, -0.25) is 9.59 Å². The van der Waals surface area contributed by atoms with E-state index in [9.17, 15) is 9.59 Å². The Hall–Kier alpha value is -1.88. The zero-order chi connectivity index (χ0) is 12.8. The summed E-state index contributed by atoms with van der Waals surface area (Å²) in [5.74, 6) is -0.327. The van der Waals surface area contributed by atoms with Crippen molar-refractivity contribution in [1.29, 1.82) is 0 Å². The van der Waals surface area contributed by atoms with Crippen molar-refractivity contribution in [3.05, 3.63) is 29.3 Å². The molecule has 1 aromatic rings. The molecule has 0 saturated carbocycles. The van der Waals surface area contributed by atoms with Gasteiger partial charge in [-0.25, -0.2) is 0 Å². The van der Waals surface area contributed by atoms with Crippen LogP contribution in [0.3, 0.4) is 0 Å². The summed E-state index contributed by atoms with van der Waals surface area (Å²) in [7, 11) is 1.53. The fraction of sp³-hybridized carbons (Fsp3) is 0.333. The predicted octanol–water partition coefficient (Wildman–Crippen LogP) is 1.07. The van der Waals surface area contributed by atoms with Gasteiger partial charge in [-0.2, -0.15) is 0 Å². The van der Waals surface area contributed by atoms with Crippen LogP contribution >= 0.6 is 0 Å². The van der Waals surface area contributed by atoms with Crippen LogP contribution in [0.25, 0.3) is 0 Å². The van der Waals surface area contributed by atoms with Crippen molar-refractivity contribution in [3.8, 4) is 5.75 Å². The summed E-state index contributed by atoms with van der Waals surface area (Å²) < 4.78 is 5.14. The van der Waals surface area contributed by atoms with Gasteiger partial charge in [-0.1, -0.05) is 0 Å². The monoisotopic (exact) mass is 237 g/mol. The third-order valence-electron chi connectivity index (χ3n) is 2.28. The molecule has 1 rings (SSSR count). The summed E-state index contributed by atoms with van der Waals surface area (Å²) in [5, 5.41) is 11.3. The molecule has 0 aromatic heterocycles. The highest BCUT2D eigenvalue weighted by molar-refractivity contribution is 5.94. The molecule has 0 amide bonds. The average Bonchev–Trinajstić information content (AvgIpc) is 2.28. The SMILES string of the molecule is COc1ccc(C(C)=O)cc1CNCC(=O)O. The second-order valence-corrected chi connectivity index (χ2v) is 3.58. The molecule has 0 aliphatic heterocycles. The Labute approximate surface area is 99.4 Å². The van der Waals surface area contributed by atoms with Crippen molar-refractivity contribution < 1.29 is 19.4 Å². The van der Waals surface area contributed by atoms with Crippen LogP contribution in [-0.2, 0) is 11.3 Å². The Kier molecular flexibility index (Phi) is 4.66. The highest BCUT2D eigenvalue weighted by Gasteiger charge is 2.07. The van der Waals surface area contributed by atoms with Gasteiger partial charge in [0.05, 0.1) is 13.7 Å². The van der Waals surface area contributed by atoms with Crippen LogP contribution < -0.4 is 10.1 Å². The van der Waals surface area contributed by atoms with Crippen LogP contribution in [0.5, 0.6) is 5.75 Å². The van der Waals surface area contributed by atoms with E-state index >= 15 is 0 Å². The van der Waals surface area contributed by atoms with Gasteiger partial charge in [0.15, 0.2) is 5.78 Å². The van der Waals surface area contributed by atoms with Crippen molar-refractivity contribution in [2.75, 3.05) is 13.7 Å². The molecule has 2 N–H and O–H groups in total. The van der Waals surface area contributed by atoms with E-state index in [0.717, 1.165) is 5.56 Å². The van der Waals surface area contributed by atoms with Crippen LogP contribution in [0, 0.1) is 0 Å². The maximum Gasteiger partial charge on any atom is 0.317 e. The van der Waals surface area contributed by atoms with Crippen LogP contribution in [0.15, 0.2) is 18.2 Å². The maximum absolute atomic E-state index is 11.2. The van der Waals surface area contributed by atoms with Gasteiger partial charge >= 0.3 is 5.97 Å². The van der Waals surface area contributed by atoms with Gasteiger partial charge in [0.25, 0.3) is 0 Å². The summed E-state index contributed by atoms with van der Waals surface area (Å²) in [4.78, 5) is 21.6. The number of carbonyl (C=O) groups is 2. The van der Waals surface area contributed by atoms with Gasteiger partial charge in [0, 0.05) is 17.7 Å². The van der Waals surface area contributed by atoms with Gasteiger partial charge in [-0.05, 0) is 25.1 Å². The van der Waals surface area contributed by atoms with Crippen molar-refractivity contribution in [1.82, 2.24) is 5.32 Å². The molecule has 92 valence electrons. The molecule has 17 heavy (non-hydrogen) atoms. The second kappa shape index (κ2) is 6.00. The Morgan fingerprint density at radius 2 is 2.12 bits per heavy atom. The van der Waals surface area contributed by atoms with E-state index in [1.165, 1.54) is 14.0 Å². The lowest BCUT2D eigenvalue weighted by atomic mass is 10.1. The lowest BCUT2D eigenvalue weighted by Gasteiger charge is -2.10. The Morgan fingerprint density at radius 1 is 1.41 bits per heavy atom. The minimum atomic E-state index is -0.924. The Balaban J connectivity index is 2.82. The molecule has 5 heteroatoms. The van der Waals surface area contributed by atoms with Gasteiger partial charge in [0.1, 0.15) is 5.75 Å². The first kappa shape index (κ1) is 13.2. The molecule has 0 aliphatic rings. The third-order valence-corrected chi connectivity index (χ3v) is 2.28. The highest BCUT2D eigenvalue weighted by Crippen LogP contribution is 2.19. The number of benzene rings is 1. The van der Waals surface area contributed by atoms with E-state index in [2.05, 4.69) is 5.32 Å². The van der Waals surface area contributed by atoms with E-state index in [1.807, 2.05) is 0 Å². The molecular formula is C12H15NO4. The standard InChI is InChI=1S/C12H15NO4/c1-8(14)9-3-4-11(17-2)10(5-9)6-13-7-12(15)16/h3-5,13H,6-7H2,1-2H3,(H,15,16). The van der Waals surface area contributed by atoms with Crippen LogP contribution in [0.1, 0.15) is 22.8 Å². The number of carbonyl (C=O) groups excluding carboxylic acids is 1. The quantitative estimate of drug-likeness (QED) is 0.724. The second-order valence-electron chi connectivity index (χ2n) is 3.58. The fourth-order valence-corrected chi connectivity index (χ4v) is 1.44. The molecule has 1 aromatic carbocycles. The minimum Gasteiger partial charge on any atom is -0.496 e. The lowest BCUT2D eigenvalue weighted by Crippen LogP contribution is -2.22. The van der Waals surface area contributed by atoms with Crippen LogP contribution in [0.4, 0.5) is 0 Å². The molecule has 0 aliphatic carbocycles. The van der Waals surface area contributed by atoms with Crippen molar-refractivity contribution in [2.45, 2.75) is 13.5 Å². The number of carboxylic acids is 1. The summed E-state index contributed by atoms with van der Waals surface area (Å²) in [6, 6.07) is 5.09. The number of Topliss-reactive ketones (excluding diaryl/α,β-unsaturated/α-hetero) is 1. The topological polar surface area (TPSA) is 75.6 Å². The molecule has 0 spiro atoms. The smallest absolute Gasteiger partial charge is 0.317 e. The van der Waals surface area contributed by atoms with Gasteiger partial charge in [0.2, 0.25) is 0 Å². The molecule has 0 atom stereocenters. The van der Waals surface area contributed by atoms with E-state index in [1.54, 1.807) is 18.2 Å². The molecule has 0 saturated heterocycles. The normalized spacial score (nSPS) is 10.0. The lowest BCUT2D eigenvalue weighted by molar-refractivity contribution is -0.136. The number of ether oxygens (including phenoxy) is 1. The van der Waals surface area contributed by atoms with Crippen LogP contribution in [0.2, 0.25) is 0 Å². The number of nitrogens with one attached hydrogen (secondary N) is 1. The zero-order valence-electron chi connectivity index (χ0n) is 9.82. The number of methoxy groups -OCH3 is 1. The van der Waals surface area contributed by atoms with E-state index < -0.39 is 5.97 Å². The molecular weight excluding hydrogens is 222 g/mol. The number of hydrogen-bond donors (Lipinski definition) is 2. The number of ketones is 1.